The Kier molecular flexibility index (Phi) is 7.45. The van der Waals surface area contributed by atoms with Crippen molar-refractivity contribution < 1.29 is 4.79 Å². The van der Waals surface area contributed by atoms with Gasteiger partial charge < -0.3 is 14.7 Å². The van der Waals surface area contributed by atoms with Crippen LogP contribution >= 0.6 is 0 Å². The molecule has 2 heterocycles. The fourth-order valence-electron chi connectivity index (χ4n) is 7.73. The third kappa shape index (κ3) is 5.23. The minimum absolute atomic E-state index is 0.0317. The van der Waals surface area contributed by atoms with Crippen molar-refractivity contribution in [2.45, 2.75) is 90.9 Å². The summed E-state index contributed by atoms with van der Waals surface area (Å²) in [6.45, 7) is 14.1. The molecule has 4 heteroatoms. The van der Waals surface area contributed by atoms with Gasteiger partial charge >= 0.3 is 0 Å². The van der Waals surface area contributed by atoms with E-state index in [2.05, 4.69) is 28.5 Å². The summed E-state index contributed by atoms with van der Waals surface area (Å²) < 4.78 is 0. The molecule has 2 saturated heterocycles. The highest BCUT2D eigenvalue weighted by Crippen LogP contribution is 2.57. The van der Waals surface area contributed by atoms with Crippen molar-refractivity contribution in [2.24, 2.45) is 16.7 Å². The van der Waals surface area contributed by atoms with Crippen LogP contribution in [-0.4, -0.2) is 73.0 Å². The molecule has 4 rings (SSSR count). The van der Waals surface area contributed by atoms with E-state index < -0.39 is 0 Å². The Morgan fingerprint density at radius 2 is 1.63 bits per heavy atom. The number of hydrogen-bond acceptors (Lipinski definition) is 3. The lowest BCUT2D eigenvalue weighted by Crippen LogP contribution is -2.52. The molecule has 0 aromatic heterocycles. The number of rotatable bonds is 7. The van der Waals surface area contributed by atoms with Gasteiger partial charge in [-0.25, -0.2) is 0 Å². The first-order valence-electron chi connectivity index (χ1n) is 13.3. The predicted octanol–water partition coefficient (Wildman–Crippen LogP) is 4.78. The zero-order valence-electron chi connectivity index (χ0n) is 20.0. The van der Waals surface area contributed by atoms with Gasteiger partial charge in [0, 0.05) is 19.6 Å². The summed E-state index contributed by atoms with van der Waals surface area (Å²) in [6.07, 6.45) is 15.2. The molecule has 2 bridgehead atoms. The fraction of sp³-hybridized carbons (Fsp3) is 0.962. The second-order valence-electron chi connectivity index (χ2n) is 11.6. The van der Waals surface area contributed by atoms with Gasteiger partial charge in [-0.15, -0.1) is 0 Å². The van der Waals surface area contributed by atoms with Crippen molar-refractivity contribution in [1.29, 1.82) is 0 Å². The van der Waals surface area contributed by atoms with Gasteiger partial charge in [-0.1, -0.05) is 33.1 Å². The zero-order valence-corrected chi connectivity index (χ0v) is 20.0. The van der Waals surface area contributed by atoms with Crippen molar-refractivity contribution in [3.8, 4) is 0 Å². The van der Waals surface area contributed by atoms with Gasteiger partial charge in [0.15, 0.2) is 0 Å². The van der Waals surface area contributed by atoms with Gasteiger partial charge in [-0.2, -0.15) is 0 Å². The van der Waals surface area contributed by atoms with E-state index in [-0.39, 0.29) is 5.41 Å². The van der Waals surface area contributed by atoms with Crippen LogP contribution < -0.4 is 0 Å². The first-order valence-corrected chi connectivity index (χ1v) is 13.3. The minimum atomic E-state index is -0.0317. The van der Waals surface area contributed by atoms with Gasteiger partial charge in [0.05, 0.1) is 5.41 Å². The molecule has 4 fully saturated rings. The first kappa shape index (κ1) is 22.6. The second-order valence-corrected chi connectivity index (χ2v) is 11.6. The molecular weight excluding hydrogens is 370 g/mol. The minimum Gasteiger partial charge on any atom is -0.341 e. The van der Waals surface area contributed by atoms with Crippen LogP contribution in [0, 0.1) is 16.7 Å². The fourth-order valence-corrected chi connectivity index (χ4v) is 7.73. The van der Waals surface area contributed by atoms with Crippen LogP contribution in [0.3, 0.4) is 0 Å². The number of carbonyl (C=O) groups excluding carboxylic acids is 1. The van der Waals surface area contributed by atoms with E-state index in [0.717, 1.165) is 44.8 Å². The summed E-state index contributed by atoms with van der Waals surface area (Å²) in [5, 5.41) is 0. The van der Waals surface area contributed by atoms with Crippen LogP contribution in [0.2, 0.25) is 0 Å². The highest BCUT2D eigenvalue weighted by atomic mass is 16.2. The van der Waals surface area contributed by atoms with E-state index in [4.69, 9.17) is 0 Å². The Hall–Kier alpha value is -0.610. The maximum Gasteiger partial charge on any atom is 0.228 e. The van der Waals surface area contributed by atoms with Gasteiger partial charge in [0.1, 0.15) is 0 Å². The van der Waals surface area contributed by atoms with Crippen molar-refractivity contribution >= 4 is 5.91 Å². The third-order valence-electron chi connectivity index (χ3n) is 8.82. The van der Waals surface area contributed by atoms with Gasteiger partial charge in [0.2, 0.25) is 5.91 Å². The average molecular weight is 418 g/mol. The standard InChI is InChI=1S/C26H47N3O/c1-3-10-25(2)20-23-9-6-11-26(21-23,22-25)24(30)29-17-8-16-28(18-19-29)15-7-14-27-12-4-5-13-27/h23H,3-22H2,1-2H3. The smallest absolute Gasteiger partial charge is 0.228 e. The Morgan fingerprint density at radius 3 is 2.40 bits per heavy atom. The van der Waals surface area contributed by atoms with Crippen molar-refractivity contribution in [3.05, 3.63) is 0 Å². The number of carbonyl (C=O) groups is 1. The molecule has 30 heavy (non-hydrogen) atoms. The van der Waals surface area contributed by atoms with Gasteiger partial charge in [0.25, 0.3) is 0 Å². The maximum absolute atomic E-state index is 13.9. The van der Waals surface area contributed by atoms with Crippen LogP contribution in [0.5, 0.6) is 0 Å². The number of fused-ring (bicyclic) bond motifs is 2. The topological polar surface area (TPSA) is 26.8 Å². The Bertz CT molecular complexity index is 575. The highest BCUT2D eigenvalue weighted by molar-refractivity contribution is 5.83. The largest absolute Gasteiger partial charge is 0.341 e. The van der Waals surface area contributed by atoms with E-state index in [1.165, 1.54) is 90.5 Å². The van der Waals surface area contributed by atoms with E-state index in [9.17, 15) is 4.79 Å². The molecule has 4 nitrogen and oxygen atoms in total. The Morgan fingerprint density at radius 1 is 0.900 bits per heavy atom. The van der Waals surface area contributed by atoms with Crippen LogP contribution in [0.1, 0.15) is 90.9 Å². The molecule has 0 aromatic rings. The van der Waals surface area contributed by atoms with E-state index in [0.29, 0.717) is 11.3 Å². The molecule has 0 N–H and O–H groups in total. The molecular formula is C26H47N3O. The van der Waals surface area contributed by atoms with Crippen molar-refractivity contribution in [3.63, 3.8) is 0 Å². The monoisotopic (exact) mass is 417 g/mol. The molecule has 0 spiro atoms. The lowest BCUT2D eigenvalue weighted by Gasteiger charge is -2.53. The number of amides is 1. The summed E-state index contributed by atoms with van der Waals surface area (Å²) in [5.41, 5.74) is 0.358. The summed E-state index contributed by atoms with van der Waals surface area (Å²) in [7, 11) is 0. The second kappa shape index (κ2) is 9.90. The van der Waals surface area contributed by atoms with E-state index in [1.807, 2.05) is 0 Å². The number of hydrogen-bond donors (Lipinski definition) is 0. The predicted molar refractivity (Wildman–Crippen MR) is 125 cm³/mol. The zero-order chi connectivity index (χ0) is 21.0. The highest BCUT2D eigenvalue weighted by Gasteiger charge is 2.52. The summed E-state index contributed by atoms with van der Waals surface area (Å²) in [5.74, 6) is 1.33. The number of likely N-dealkylation sites (tertiary alicyclic amines) is 1. The van der Waals surface area contributed by atoms with Crippen LogP contribution in [-0.2, 0) is 4.79 Å². The van der Waals surface area contributed by atoms with Crippen LogP contribution in [0.4, 0.5) is 0 Å². The molecule has 0 radical (unpaired) electrons. The van der Waals surface area contributed by atoms with Gasteiger partial charge in [-0.3, -0.25) is 4.79 Å². The van der Waals surface area contributed by atoms with Crippen LogP contribution in [0.15, 0.2) is 0 Å². The van der Waals surface area contributed by atoms with Gasteiger partial charge in [-0.05, 0) is 102 Å². The first-order chi connectivity index (χ1) is 14.5. The van der Waals surface area contributed by atoms with Crippen LogP contribution in [0.25, 0.3) is 0 Å². The summed E-state index contributed by atoms with van der Waals surface area (Å²) in [6, 6.07) is 0. The SMILES string of the molecule is CCCC1(C)CC2CCCC(C(=O)N3CCCN(CCCN4CCCC4)CC3)(C2)C1. The quantitative estimate of drug-likeness (QED) is 0.596. The Balaban J connectivity index is 1.32. The Labute approximate surface area is 185 Å². The van der Waals surface area contributed by atoms with Crippen molar-refractivity contribution in [2.75, 3.05) is 52.4 Å². The van der Waals surface area contributed by atoms with E-state index in [1.54, 1.807) is 0 Å². The molecule has 0 aromatic carbocycles. The molecule has 2 saturated carbocycles. The summed E-state index contributed by atoms with van der Waals surface area (Å²) >= 11 is 0. The molecule has 3 atom stereocenters. The molecule has 3 unspecified atom stereocenters. The molecule has 172 valence electrons. The third-order valence-corrected chi connectivity index (χ3v) is 8.82. The van der Waals surface area contributed by atoms with Crippen molar-refractivity contribution in [1.82, 2.24) is 14.7 Å². The number of nitrogens with zero attached hydrogens (tertiary/aromatic N) is 3. The normalized spacial score (nSPS) is 36.1. The molecule has 4 aliphatic rings. The lowest BCUT2D eigenvalue weighted by molar-refractivity contribution is -0.152. The maximum atomic E-state index is 13.9. The summed E-state index contributed by atoms with van der Waals surface area (Å²) in [4.78, 5) is 21.5. The van der Waals surface area contributed by atoms with E-state index >= 15 is 0 Å². The lowest BCUT2D eigenvalue weighted by atomic mass is 9.53. The molecule has 2 aliphatic carbocycles. The molecule has 2 aliphatic heterocycles. The molecule has 1 amide bonds. The average Bonchev–Trinajstić information content (AvgIpc) is 3.11.